The van der Waals surface area contributed by atoms with Gasteiger partial charge in [0.05, 0.1) is 11.2 Å². The molecular formula is C16H20N6O6S3. The van der Waals surface area contributed by atoms with Crippen molar-refractivity contribution in [3.05, 3.63) is 29.8 Å². The third-order valence-corrected chi connectivity index (χ3v) is 7.72. The van der Waals surface area contributed by atoms with Crippen LogP contribution in [0.4, 0.5) is 10.3 Å². The Hall–Kier alpha value is -2.62. The molecule has 0 aliphatic carbocycles. The van der Waals surface area contributed by atoms with E-state index in [-0.39, 0.29) is 39.7 Å². The molecule has 2 heterocycles. The summed E-state index contributed by atoms with van der Waals surface area (Å²) in [5.41, 5.74) is 0.188. The van der Waals surface area contributed by atoms with E-state index in [1.807, 2.05) is 0 Å². The number of carbonyl (C=O) groups excluding carboxylic acids is 2. The Balaban J connectivity index is 1.65. The number of nitrogens with zero attached hydrogens (tertiary/aromatic N) is 4. The number of carbonyl (C=O) groups is 2. The first-order valence-electron chi connectivity index (χ1n) is 8.94. The summed E-state index contributed by atoms with van der Waals surface area (Å²) in [6.07, 6.45) is 0.964. The molecule has 168 valence electrons. The number of sulfonamides is 2. The van der Waals surface area contributed by atoms with Gasteiger partial charge >= 0.3 is 0 Å². The minimum absolute atomic E-state index is 0.00381. The molecule has 0 saturated carbocycles. The first kappa shape index (κ1) is 23.1. The summed E-state index contributed by atoms with van der Waals surface area (Å²) < 4.78 is 51.5. The molecule has 0 spiro atoms. The van der Waals surface area contributed by atoms with Crippen LogP contribution in [0.1, 0.15) is 17.3 Å². The van der Waals surface area contributed by atoms with Crippen molar-refractivity contribution < 1.29 is 26.4 Å². The summed E-state index contributed by atoms with van der Waals surface area (Å²) in [5.74, 6) is -0.650. The van der Waals surface area contributed by atoms with Crippen LogP contribution in [0.5, 0.6) is 0 Å². The van der Waals surface area contributed by atoms with Gasteiger partial charge in [0.15, 0.2) is 0 Å². The van der Waals surface area contributed by atoms with E-state index in [0.717, 1.165) is 17.6 Å². The fourth-order valence-electron chi connectivity index (χ4n) is 2.81. The Morgan fingerprint density at radius 1 is 0.968 bits per heavy atom. The highest BCUT2D eigenvalue weighted by molar-refractivity contribution is 7.92. The average molecular weight is 489 g/mol. The number of rotatable bonds is 6. The van der Waals surface area contributed by atoms with Gasteiger partial charge < -0.3 is 4.90 Å². The lowest BCUT2D eigenvalue weighted by Gasteiger charge is -2.33. The minimum Gasteiger partial charge on any atom is -0.340 e. The molecule has 31 heavy (non-hydrogen) atoms. The van der Waals surface area contributed by atoms with Crippen molar-refractivity contribution in [2.45, 2.75) is 11.8 Å². The van der Waals surface area contributed by atoms with E-state index >= 15 is 0 Å². The van der Waals surface area contributed by atoms with Gasteiger partial charge in [-0.3, -0.25) is 19.6 Å². The average Bonchev–Trinajstić information content (AvgIpc) is 3.13. The fourth-order valence-corrected chi connectivity index (χ4v) is 5.70. The zero-order chi connectivity index (χ0) is 22.8. The molecule has 1 saturated heterocycles. The van der Waals surface area contributed by atoms with Crippen molar-refractivity contribution in [3.8, 4) is 0 Å². The molecule has 0 atom stereocenters. The molecule has 2 aromatic rings. The number of anilines is 2. The molecule has 0 unspecified atom stereocenters. The quantitative estimate of drug-likeness (QED) is 0.575. The number of aromatic nitrogens is 2. The summed E-state index contributed by atoms with van der Waals surface area (Å²) in [5, 5.41) is 9.86. The van der Waals surface area contributed by atoms with Gasteiger partial charge in [-0.05, 0) is 24.3 Å². The molecule has 15 heteroatoms. The summed E-state index contributed by atoms with van der Waals surface area (Å²) in [6.45, 7) is 2.50. The van der Waals surface area contributed by atoms with Crippen LogP contribution in [0.3, 0.4) is 0 Å². The van der Waals surface area contributed by atoms with Crippen molar-refractivity contribution in [1.29, 1.82) is 0 Å². The number of hydrogen-bond acceptors (Lipinski definition) is 9. The summed E-state index contributed by atoms with van der Waals surface area (Å²) in [7, 11) is -7.26. The van der Waals surface area contributed by atoms with Crippen molar-refractivity contribution in [2.75, 3.05) is 42.5 Å². The van der Waals surface area contributed by atoms with Crippen LogP contribution in [0, 0.1) is 0 Å². The predicted octanol–water partition coefficient (Wildman–Crippen LogP) is 0.0147. The largest absolute Gasteiger partial charge is 0.340 e. The van der Waals surface area contributed by atoms with Crippen molar-refractivity contribution in [3.63, 3.8) is 0 Å². The second-order valence-electron chi connectivity index (χ2n) is 6.68. The van der Waals surface area contributed by atoms with E-state index in [2.05, 4.69) is 20.2 Å². The van der Waals surface area contributed by atoms with E-state index in [0.29, 0.717) is 13.1 Å². The van der Waals surface area contributed by atoms with Crippen LogP contribution >= 0.6 is 11.3 Å². The van der Waals surface area contributed by atoms with Gasteiger partial charge in [-0.2, -0.15) is 4.31 Å². The summed E-state index contributed by atoms with van der Waals surface area (Å²) in [4.78, 5) is 25.4. The minimum atomic E-state index is -3.75. The second-order valence-corrected chi connectivity index (χ2v) is 11.3. The van der Waals surface area contributed by atoms with Gasteiger partial charge in [-0.15, -0.1) is 10.2 Å². The summed E-state index contributed by atoms with van der Waals surface area (Å²) in [6, 6.07) is 5.39. The zero-order valence-corrected chi connectivity index (χ0v) is 19.1. The number of nitrogens with one attached hydrogen (secondary N) is 2. The van der Waals surface area contributed by atoms with E-state index in [1.165, 1.54) is 35.5 Å². The Morgan fingerprint density at radius 2 is 1.55 bits per heavy atom. The molecule has 1 aliphatic heterocycles. The molecule has 0 radical (unpaired) electrons. The highest BCUT2D eigenvalue weighted by Gasteiger charge is 2.29. The lowest BCUT2D eigenvalue weighted by atomic mass is 10.2. The highest BCUT2D eigenvalue weighted by Crippen LogP contribution is 2.22. The molecule has 1 aromatic heterocycles. The number of amides is 2. The smallest absolute Gasteiger partial charge is 0.257 e. The molecular weight excluding hydrogens is 468 g/mol. The first-order valence-corrected chi connectivity index (χ1v) is 13.1. The Bertz CT molecular complexity index is 1180. The molecule has 1 aromatic carbocycles. The molecule has 1 fully saturated rings. The van der Waals surface area contributed by atoms with Crippen LogP contribution in [0.15, 0.2) is 29.2 Å². The second kappa shape index (κ2) is 8.86. The first-order chi connectivity index (χ1) is 14.5. The van der Waals surface area contributed by atoms with Crippen LogP contribution in [-0.4, -0.2) is 80.5 Å². The normalized spacial score (nSPS) is 15.5. The van der Waals surface area contributed by atoms with Crippen LogP contribution in [0.2, 0.25) is 0 Å². The Labute approximate surface area is 183 Å². The van der Waals surface area contributed by atoms with Crippen LogP contribution in [-0.2, 0) is 24.8 Å². The monoisotopic (exact) mass is 488 g/mol. The standard InChI is InChI=1S/C16H20N6O6S3/c1-11(23)21-7-9-22(10-8-21)31(27,28)13-5-3-12(4-6-13)14(24)17-15-18-19-16(29-15)20-30(2,25)26/h3-6H,7-10H2,1-2H3,(H,19,20)(H,17,18,24). The van der Waals surface area contributed by atoms with Gasteiger partial charge in [0.1, 0.15) is 0 Å². The lowest BCUT2D eigenvalue weighted by Crippen LogP contribution is -2.49. The van der Waals surface area contributed by atoms with Crippen LogP contribution < -0.4 is 10.0 Å². The molecule has 3 rings (SSSR count). The summed E-state index contributed by atoms with van der Waals surface area (Å²) >= 11 is 0.836. The van der Waals surface area contributed by atoms with Crippen molar-refractivity contribution in [2.24, 2.45) is 0 Å². The molecule has 2 amide bonds. The SMILES string of the molecule is CC(=O)N1CCN(S(=O)(=O)c2ccc(C(=O)Nc3nnc(NS(C)(=O)=O)s3)cc2)CC1. The van der Waals surface area contributed by atoms with Gasteiger partial charge in [-0.25, -0.2) is 16.8 Å². The van der Waals surface area contributed by atoms with Crippen LogP contribution in [0.25, 0.3) is 0 Å². The molecule has 0 bridgehead atoms. The van der Waals surface area contributed by atoms with Gasteiger partial charge in [-0.1, -0.05) is 11.3 Å². The highest BCUT2D eigenvalue weighted by atomic mass is 32.2. The number of hydrogen-bond donors (Lipinski definition) is 2. The number of piperazine rings is 1. The maximum atomic E-state index is 12.8. The van der Waals surface area contributed by atoms with E-state index in [9.17, 15) is 26.4 Å². The number of benzene rings is 1. The fraction of sp³-hybridized carbons (Fsp3) is 0.375. The van der Waals surface area contributed by atoms with Gasteiger partial charge in [0.25, 0.3) is 5.91 Å². The topological polar surface area (TPSA) is 159 Å². The molecule has 1 aliphatic rings. The van der Waals surface area contributed by atoms with Crippen molar-refractivity contribution in [1.82, 2.24) is 19.4 Å². The Kier molecular flexibility index (Phi) is 6.59. The molecule has 12 nitrogen and oxygen atoms in total. The van der Waals surface area contributed by atoms with Gasteiger partial charge in [0.2, 0.25) is 36.2 Å². The van der Waals surface area contributed by atoms with Crippen molar-refractivity contribution >= 4 is 53.5 Å². The maximum Gasteiger partial charge on any atom is 0.257 e. The third-order valence-electron chi connectivity index (χ3n) is 4.36. The maximum absolute atomic E-state index is 12.8. The van der Waals surface area contributed by atoms with Gasteiger partial charge in [0, 0.05) is 38.7 Å². The Morgan fingerprint density at radius 3 is 2.10 bits per heavy atom. The predicted molar refractivity (Wildman–Crippen MR) is 114 cm³/mol. The van der Waals surface area contributed by atoms with E-state index in [4.69, 9.17) is 0 Å². The zero-order valence-electron chi connectivity index (χ0n) is 16.6. The van der Waals surface area contributed by atoms with E-state index < -0.39 is 26.0 Å². The molecule has 2 N–H and O–H groups in total. The van der Waals surface area contributed by atoms with E-state index in [1.54, 1.807) is 4.90 Å². The lowest BCUT2D eigenvalue weighted by molar-refractivity contribution is -0.129. The third kappa shape index (κ3) is 5.75.